The van der Waals surface area contributed by atoms with Gasteiger partial charge in [-0.15, -0.1) is 23.1 Å². The molecule has 1 aliphatic carbocycles. The van der Waals surface area contributed by atoms with Crippen molar-refractivity contribution in [2.75, 3.05) is 17.2 Å². The van der Waals surface area contributed by atoms with Gasteiger partial charge in [-0.3, -0.25) is 9.59 Å². The molecule has 9 heteroatoms. The Bertz CT molecular complexity index is 1600. The highest BCUT2D eigenvalue weighted by molar-refractivity contribution is 8.00. The van der Waals surface area contributed by atoms with Gasteiger partial charge in [0, 0.05) is 15.5 Å². The van der Waals surface area contributed by atoms with Gasteiger partial charge >= 0.3 is 5.97 Å². The van der Waals surface area contributed by atoms with Gasteiger partial charge in [0.15, 0.2) is 0 Å². The third kappa shape index (κ3) is 6.74. The standard InChI is InChI=1S/C33H31FN2O4S2/c1-3-40-33(39)28-25-17-16-20(2)18-27(25)42-32(28)36-31(38)29(21-10-5-4-6-11-21)41-23-13-9-12-22(19-23)35-30(37)24-14-7-8-15-26(24)34/h4-15,19-20,29H,3,16-18H2,1-2H3,(H,35,37)(H,36,38). The Morgan fingerprint density at radius 2 is 1.79 bits per heavy atom. The Morgan fingerprint density at radius 1 is 1.02 bits per heavy atom. The third-order valence-corrected chi connectivity index (χ3v) is 9.45. The van der Waals surface area contributed by atoms with E-state index in [9.17, 15) is 18.8 Å². The van der Waals surface area contributed by atoms with Crippen LogP contribution in [0.1, 0.15) is 62.2 Å². The highest BCUT2D eigenvalue weighted by atomic mass is 32.2. The van der Waals surface area contributed by atoms with E-state index >= 15 is 0 Å². The fraction of sp³-hybridized carbons (Fsp3) is 0.242. The van der Waals surface area contributed by atoms with Crippen molar-refractivity contribution in [2.24, 2.45) is 5.92 Å². The second kappa shape index (κ2) is 13.4. The van der Waals surface area contributed by atoms with Gasteiger partial charge in [0.05, 0.1) is 17.7 Å². The molecule has 2 N–H and O–H groups in total. The number of nitrogens with one attached hydrogen (secondary N) is 2. The van der Waals surface area contributed by atoms with Gasteiger partial charge in [0.25, 0.3) is 5.91 Å². The summed E-state index contributed by atoms with van der Waals surface area (Å²) in [5, 5.41) is 5.67. The van der Waals surface area contributed by atoms with Crippen LogP contribution in [0, 0.1) is 11.7 Å². The lowest BCUT2D eigenvalue weighted by Crippen LogP contribution is -2.20. The van der Waals surface area contributed by atoms with Gasteiger partial charge in [-0.1, -0.05) is 55.5 Å². The molecule has 2 unspecified atom stereocenters. The third-order valence-electron chi connectivity index (χ3n) is 7.03. The molecule has 0 saturated heterocycles. The van der Waals surface area contributed by atoms with Crippen molar-refractivity contribution in [3.63, 3.8) is 0 Å². The van der Waals surface area contributed by atoms with Crippen LogP contribution < -0.4 is 10.6 Å². The number of thioether (sulfide) groups is 1. The average molecular weight is 603 g/mol. The Kier molecular flexibility index (Phi) is 9.39. The number of rotatable bonds is 9. The van der Waals surface area contributed by atoms with E-state index in [-0.39, 0.29) is 18.1 Å². The first-order chi connectivity index (χ1) is 20.3. The van der Waals surface area contributed by atoms with Crippen LogP contribution in [0.4, 0.5) is 15.1 Å². The smallest absolute Gasteiger partial charge is 0.341 e. The number of carbonyl (C=O) groups excluding carboxylic acids is 3. The molecule has 0 aliphatic heterocycles. The Balaban J connectivity index is 1.41. The van der Waals surface area contributed by atoms with E-state index in [1.165, 1.54) is 41.3 Å². The first-order valence-corrected chi connectivity index (χ1v) is 15.5. The van der Waals surface area contributed by atoms with E-state index in [1.807, 2.05) is 36.4 Å². The zero-order valence-electron chi connectivity index (χ0n) is 23.3. The number of hydrogen-bond donors (Lipinski definition) is 2. The number of fused-ring (bicyclic) bond motifs is 1. The second-order valence-corrected chi connectivity index (χ2v) is 12.4. The topological polar surface area (TPSA) is 84.5 Å². The maximum Gasteiger partial charge on any atom is 0.341 e. The highest BCUT2D eigenvalue weighted by Gasteiger charge is 2.31. The molecule has 3 aromatic carbocycles. The monoisotopic (exact) mass is 602 g/mol. The lowest BCUT2D eigenvalue weighted by atomic mass is 9.88. The van der Waals surface area contributed by atoms with Gasteiger partial charge in [0.2, 0.25) is 5.91 Å². The number of anilines is 2. The largest absolute Gasteiger partial charge is 0.462 e. The molecule has 6 nitrogen and oxygen atoms in total. The Labute approximate surface area is 252 Å². The van der Waals surface area contributed by atoms with Crippen molar-refractivity contribution in [3.8, 4) is 0 Å². The number of ether oxygens (including phenoxy) is 1. The predicted octanol–water partition coefficient (Wildman–Crippen LogP) is 7.91. The summed E-state index contributed by atoms with van der Waals surface area (Å²) in [5.74, 6) is -1.34. The van der Waals surface area contributed by atoms with Crippen molar-refractivity contribution >= 4 is 51.6 Å². The molecule has 216 valence electrons. The van der Waals surface area contributed by atoms with Crippen molar-refractivity contribution in [1.82, 2.24) is 0 Å². The number of benzene rings is 3. The summed E-state index contributed by atoms with van der Waals surface area (Å²) in [6, 6.07) is 22.3. The van der Waals surface area contributed by atoms with E-state index in [0.29, 0.717) is 22.2 Å². The number of esters is 1. The van der Waals surface area contributed by atoms with Gasteiger partial charge < -0.3 is 15.4 Å². The highest BCUT2D eigenvalue weighted by Crippen LogP contribution is 2.42. The van der Waals surface area contributed by atoms with Gasteiger partial charge in [-0.25, -0.2) is 9.18 Å². The molecule has 0 bridgehead atoms. The summed E-state index contributed by atoms with van der Waals surface area (Å²) in [4.78, 5) is 41.5. The molecule has 0 saturated carbocycles. The van der Waals surface area contributed by atoms with Crippen LogP contribution in [0.15, 0.2) is 83.8 Å². The number of carbonyl (C=O) groups is 3. The molecule has 2 atom stereocenters. The van der Waals surface area contributed by atoms with Gasteiger partial charge in [-0.2, -0.15) is 0 Å². The minimum absolute atomic E-state index is 0.0532. The van der Waals surface area contributed by atoms with Crippen LogP contribution in [-0.4, -0.2) is 24.4 Å². The number of halogens is 1. The lowest BCUT2D eigenvalue weighted by molar-refractivity contribution is -0.115. The zero-order chi connectivity index (χ0) is 29.6. The maximum absolute atomic E-state index is 14.1. The minimum atomic E-state index is -0.656. The first kappa shape index (κ1) is 29.5. The molecule has 42 heavy (non-hydrogen) atoms. The number of hydrogen-bond acceptors (Lipinski definition) is 6. The molecular formula is C33H31FN2O4S2. The summed E-state index contributed by atoms with van der Waals surface area (Å²) in [5.41, 5.74) is 2.65. The van der Waals surface area contributed by atoms with Gasteiger partial charge in [0.1, 0.15) is 16.1 Å². The predicted molar refractivity (Wildman–Crippen MR) is 166 cm³/mol. The van der Waals surface area contributed by atoms with Crippen LogP contribution in [-0.2, 0) is 22.4 Å². The fourth-order valence-electron chi connectivity index (χ4n) is 4.96. The normalized spacial score (nSPS) is 14.9. The molecular weight excluding hydrogens is 572 g/mol. The number of amides is 2. The molecule has 1 aliphatic rings. The van der Waals surface area contributed by atoms with E-state index in [2.05, 4.69) is 17.6 Å². The SMILES string of the molecule is CCOC(=O)c1c(NC(=O)C(Sc2cccc(NC(=O)c3ccccc3F)c2)c2ccccc2)sc2c1CCC(C)C2. The molecule has 1 aromatic heterocycles. The van der Waals surface area contributed by atoms with E-state index in [0.717, 1.165) is 40.2 Å². The van der Waals surface area contributed by atoms with Crippen molar-refractivity contribution in [1.29, 1.82) is 0 Å². The first-order valence-electron chi connectivity index (χ1n) is 13.8. The van der Waals surface area contributed by atoms with Crippen molar-refractivity contribution in [2.45, 2.75) is 43.3 Å². The molecule has 5 rings (SSSR count). The lowest BCUT2D eigenvalue weighted by Gasteiger charge is -2.19. The van der Waals surface area contributed by atoms with E-state index in [1.54, 1.807) is 31.2 Å². The molecule has 0 spiro atoms. The van der Waals surface area contributed by atoms with Crippen molar-refractivity contribution < 1.29 is 23.5 Å². The Morgan fingerprint density at radius 3 is 2.55 bits per heavy atom. The molecule has 0 radical (unpaired) electrons. The quantitative estimate of drug-likeness (QED) is 0.150. The van der Waals surface area contributed by atoms with Crippen LogP contribution in [0.3, 0.4) is 0 Å². The number of thiophene rings is 1. The summed E-state index contributed by atoms with van der Waals surface area (Å²) in [7, 11) is 0. The van der Waals surface area contributed by atoms with Crippen LogP contribution in [0.2, 0.25) is 0 Å². The minimum Gasteiger partial charge on any atom is -0.462 e. The van der Waals surface area contributed by atoms with Crippen LogP contribution in [0.25, 0.3) is 0 Å². The van der Waals surface area contributed by atoms with Crippen LogP contribution >= 0.6 is 23.1 Å². The summed E-state index contributed by atoms with van der Waals surface area (Å²) >= 11 is 2.78. The zero-order valence-corrected chi connectivity index (χ0v) is 24.9. The fourth-order valence-corrected chi connectivity index (χ4v) is 7.45. The van der Waals surface area contributed by atoms with E-state index in [4.69, 9.17) is 4.74 Å². The second-order valence-electron chi connectivity index (χ2n) is 10.1. The summed E-state index contributed by atoms with van der Waals surface area (Å²) in [6.07, 6.45) is 2.62. The summed E-state index contributed by atoms with van der Waals surface area (Å²) in [6.45, 7) is 4.21. The van der Waals surface area contributed by atoms with Crippen molar-refractivity contribution in [3.05, 3.63) is 112 Å². The average Bonchev–Trinajstić information content (AvgIpc) is 3.33. The van der Waals surface area contributed by atoms with Gasteiger partial charge in [-0.05, 0) is 73.6 Å². The molecule has 2 amide bonds. The van der Waals surface area contributed by atoms with Crippen LogP contribution in [0.5, 0.6) is 0 Å². The Hall–Kier alpha value is -3.95. The molecule has 4 aromatic rings. The molecule has 1 heterocycles. The maximum atomic E-state index is 14.1. The van der Waals surface area contributed by atoms with E-state index < -0.39 is 22.9 Å². The summed E-state index contributed by atoms with van der Waals surface area (Å²) < 4.78 is 19.5. The molecule has 0 fully saturated rings.